The van der Waals surface area contributed by atoms with Crippen molar-refractivity contribution in [3.8, 4) is 5.69 Å². The zero-order valence-corrected chi connectivity index (χ0v) is 14.1. The van der Waals surface area contributed by atoms with Gasteiger partial charge in [-0.3, -0.25) is 9.59 Å². The van der Waals surface area contributed by atoms with E-state index in [0.717, 1.165) is 22.5 Å². The van der Waals surface area contributed by atoms with Gasteiger partial charge in [0.15, 0.2) is 5.69 Å². The number of aliphatic carboxylic acids is 1. The number of hydrogen-bond donors (Lipinski definition) is 1. The van der Waals surface area contributed by atoms with Gasteiger partial charge in [0.25, 0.3) is 5.91 Å². The molecule has 0 aliphatic carbocycles. The first-order valence-electron chi connectivity index (χ1n) is 8.02. The number of benzene rings is 1. The fraction of sp³-hybridized carbons (Fsp3) is 0.389. The molecular weight excluding hydrogens is 306 g/mol. The minimum absolute atomic E-state index is 0.204. The van der Waals surface area contributed by atoms with Crippen LogP contribution < -0.4 is 0 Å². The first-order valence-corrected chi connectivity index (χ1v) is 8.02. The fourth-order valence-corrected chi connectivity index (χ4v) is 3.22. The summed E-state index contributed by atoms with van der Waals surface area (Å²) in [7, 11) is 0. The van der Waals surface area contributed by atoms with Crippen LogP contribution in [0.15, 0.2) is 24.3 Å². The number of carboxylic acid groups (broad SMARTS) is 1. The van der Waals surface area contributed by atoms with E-state index in [4.69, 9.17) is 5.11 Å². The van der Waals surface area contributed by atoms with E-state index in [9.17, 15) is 9.59 Å². The van der Waals surface area contributed by atoms with Crippen LogP contribution in [-0.2, 0) is 4.79 Å². The highest BCUT2D eigenvalue weighted by Crippen LogP contribution is 2.21. The number of amides is 1. The number of carboxylic acids is 1. The third-order valence-electron chi connectivity index (χ3n) is 4.38. The molecule has 1 aliphatic heterocycles. The van der Waals surface area contributed by atoms with E-state index < -0.39 is 11.9 Å². The number of hydrogen-bond acceptors (Lipinski definition) is 3. The van der Waals surface area contributed by atoms with Gasteiger partial charge in [-0.05, 0) is 56.5 Å². The van der Waals surface area contributed by atoms with E-state index >= 15 is 0 Å². The fourth-order valence-electron chi connectivity index (χ4n) is 3.22. The molecule has 0 saturated carbocycles. The molecule has 1 atom stereocenters. The molecule has 1 saturated heterocycles. The number of likely N-dealkylation sites (tertiary alicyclic amines) is 1. The van der Waals surface area contributed by atoms with E-state index in [-0.39, 0.29) is 12.5 Å². The summed E-state index contributed by atoms with van der Waals surface area (Å²) in [6.07, 6.45) is 0.498. The minimum Gasteiger partial charge on any atom is -0.481 e. The highest BCUT2D eigenvalue weighted by atomic mass is 16.4. The van der Waals surface area contributed by atoms with Crippen LogP contribution in [0.2, 0.25) is 0 Å². The lowest BCUT2D eigenvalue weighted by Gasteiger charge is -2.13. The molecule has 1 aliphatic rings. The molecule has 1 aromatic carbocycles. The summed E-state index contributed by atoms with van der Waals surface area (Å²) in [6, 6.07) is 7.90. The highest BCUT2D eigenvalue weighted by Gasteiger charge is 2.32. The molecule has 1 amide bonds. The second-order valence-electron chi connectivity index (χ2n) is 6.50. The Hall–Kier alpha value is -2.63. The molecule has 2 aromatic rings. The average molecular weight is 327 g/mol. The Morgan fingerprint density at radius 2 is 1.79 bits per heavy atom. The number of rotatable bonds is 3. The molecule has 1 aromatic heterocycles. The Morgan fingerprint density at radius 3 is 2.38 bits per heavy atom. The van der Waals surface area contributed by atoms with Crippen molar-refractivity contribution in [1.29, 1.82) is 0 Å². The maximum Gasteiger partial charge on any atom is 0.308 e. The molecule has 0 bridgehead atoms. The standard InChI is InChI=1S/C18H21N3O3/c1-11-6-12(2)8-15(7-11)21-13(3)9-16(19-21)17(22)20-5-4-14(10-20)18(23)24/h6-9,14H,4-5,10H2,1-3H3,(H,23,24). The lowest BCUT2D eigenvalue weighted by atomic mass is 10.1. The van der Waals surface area contributed by atoms with Gasteiger partial charge < -0.3 is 10.0 Å². The molecule has 3 rings (SSSR count). The SMILES string of the molecule is Cc1cc(C)cc(-n2nc(C(=O)N3CCC(C(=O)O)C3)cc2C)c1. The van der Waals surface area contributed by atoms with Crippen LogP contribution in [0, 0.1) is 26.7 Å². The van der Waals surface area contributed by atoms with Crippen molar-refractivity contribution in [2.75, 3.05) is 13.1 Å². The zero-order valence-electron chi connectivity index (χ0n) is 14.1. The van der Waals surface area contributed by atoms with E-state index in [1.807, 2.05) is 32.9 Å². The first-order chi connectivity index (χ1) is 11.3. The molecule has 1 fully saturated rings. The van der Waals surface area contributed by atoms with Gasteiger partial charge in [-0.25, -0.2) is 4.68 Å². The maximum absolute atomic E-state index is 12.6. The van der Waals surface area contributed by atoms with Crippen molar-refractivity contribution in [2.45, 2.75) is 27.2 Å². The monoisotopic (exact) mass is 327 g/mol. The van der Waals surface area contributed by atoms with Gasteiger partial charge in [0.1, 0.15) is 0 Å². The second kappa shape index (κ2) is 6.11. The van der Waals surface area contributed by atoms with Gasteiger partial charge in [-0.1, -0.05) is 6.07 Å². The molecule has 1 N–H and O–H groups in total. The minimum atomic E-state index is -0.845. The lowest BCUT2D eigenvalue weighted by Crippen LogP contribution is -2.30. The molecular formula is C18H21N3O3. The van der Waals surface area contributed by atoms with Gasteiger partial charge in [0.05, 0.1) is 11.6 Å². The topological polar surface area (TPSA) is 75.4 Å². The van der Waals surface area contributed by atoms with Crippen LogP contribution in [0.3, 0.4) is 0 Å². The Morgan fingerprint density at radius 1 is 1.12 bits per heavy atom. The van der Waals surface area contributed by atoms with Gasteiger partial charge in [0, 0.05) is 18.8 Å². The quantitative estimate of drug-likeness (QED) is 0.939. The predicted octanol–water partition coefficient (Wildman–Crippen LogP) is 2.34. The molecule has 0 radical (unpaired) electrons. The third kappa shape index (κ3) is 3.04. The van der Waals surface area contributed by atoms with Crippen LogP contribution in [0.5, 0.6) is 0 Å². The number of aryl methyl sites for hydroxylation is 3. The molecule has 6 heteroatoms. The number of carbonyl (C=O) groups is 2. The summed E-state index contributed by atoms with van der Waals surface area (Å²) < 4.78 is 1.76. The molecule has 24 heavy (non-hydrogen) atoms. The zero-order chi connectivity index (χ0) is 17.4. The van der Waals surface area contributed by atoms with Gasteiger partial charge in [-0.2, -0.15) is 5.10 Å². The largest absolute Gasteiger partial charge is 0.481 e. The number of carbonyl (C=O) groups excluding carboxylic acids is 1. The van der Waals surface area contributed by atoms with E-state index in [1.165, 1.54) is 0 Å². The second-order valence-corrected chi connectivity index (χ2v) is 6.50. The normalized spacial score (nSPS) is 17.3. The first kappa shape index (κ1) is 16.2. The third-order valence-corrected chi connectivity index (χ3v) is 4.38. The Balaban J connectivity index is 1.86. The molecule has 6 nitrogen and oxygen atoms in total. The van der Waals surface area contributed by atoms with Crippen molar-refractivity contribution in [3.05, 3.63) is 46.8 Å². The summed E-state index contributed by atoms with van der Waals surface area (Å²) in [5, 5.41) is 13.5. The van der Waals surface area contributed by atoms with Crippen LogP contribution in [0.25, 0.3) is 5.69 Å². The van der Waals surface area contributed by atoms with Crippen molar-refractivity contribution in [3.63, 3.8) is 0 Å². The predicted molar refractivity (Wildman–Crippen MR) is 89.4 cm³/mol. The van der Waals surface area contributed by atoms with E-state index in [0.29, 0.717) is 18.7 Å². The van der Waals surface area contributed by atoms with Crippen LogP contribution in [0.1, 0.15) is 33.7 Å². The summed E-state index contributed by atoms with van der Waals surface area (Å²) in [6.45, 7) is 6.68. The van der Waals surface area contributed by atoms with Crippen molar-refractivity contribution in [2.24, 2.45) is 5.92 Å². The maximum atomic E-state index is 12.6. The Kier molecular flexibility index (Phi) is 4.13. The Bertz CT molecular complexity index is 790. The molecule has 1 unspecified atom stereocenters. The van der Waals surface area contributed by atoms with E-state index in [1.54, 1.807) is 15.6 Å². The van der Waals surface area contributed by atoms with Crippen molar-refractivity contribution < 1.29 is 14.7 Å². The van der Waals surface area contributed by atoms with Crippen LogP contribution in [0.4, 0.5) is 0 Å². The number of nitrogens with zero attached hydrogens (tertiary/aromatic N) is 3. The highest BCUT2D eigenvalue weighted by molar-refractivity contribution is 5.93. The smallest absolute Gasteiger partial charge is 0.308 e. The summed E-state index contributed by atoms with van der Waals surface area (Å²) in [4.78, 5) is 25.2. The Labute approximate surface area is 140 Å². The van der Waals surface area contributed by atoms with Crippen LogP contribution in [-0.4, -0.2) is 44.8 Å². The molecule has 0 spiro atoms. The van der Waals surface area contributed by atoms with Crippen molar-refractivity contribution in [1.82, 2.24) is 14.7 Å². The summed E-state index contributed by atoms with van der Waals surface area (Å²) in [5.41, 5.74) is 4.43. The van der Waals surface area contributed by atoms with Gasteiger partial charge >= 0.3 is 5.97 Å². The number of aromatic nitrogens is 2. The summed E-state index contributed by atoms with van der Waals surface area (Å²) >= 11 is 0. The van der Waals surface area contributed by atoms with Gasteiger partial charge in [0.2, 0.25) is 0 Å². The van der Waals surface area contributed by atoms with Crippen LogP contribution >= 0.6 is 0 Å². The van der Waals surface area contributed by atoms with E-state index in [2.05, 4.69) is 11.2 Å². The molecule has 126 valence electrons. The summed E-state index contributed by atoms with van der Waals surface area (Å²) in [5.74, 6) is -1.52. The average Bonchev–Trinajstić information content (AvgIpc) is 3.12. The molecule has 2 heterocycles. The van der Waals surface area contributed by atoms with Gasteiger partial charge in [-0.15, -0.1) is 0 Å². The van der Waals surface area contributed by atoms with Crippen molar-refractivity contribution >= 4 is 11.9 Å². The lowest BCUT2D eigenvalue weighted by molar-refractivity contribution is -0.141.